The first-order valence-electron chi connectivity index (χ1n) is 10.6. The predicted molar refractivity (Wildman–Crippen MR) is 123 cm³/mol. The molecule has 158 valence electrons. The molecule has 0 aliphatic carbocycles. The summed E-state index contributed by atoms with van der Waals surface area (Å²) in [5, 5.41) is 3.04. The molecule has 31 heavy (non-hydrogen) atoms. The quantitative estimate of drug-likeness (QED) is 0.411. The van der Waals surface area contributed by atoms with Crippen molar-refractivity contribution in [1.82, 2.24) is 14.9 Å². The molecule has 4 aromatic rings. The van der Waals surface area contributed by atoms with Crippen LogP contribution in [-0.2, 0) is 13.1 Å². The summed E-state index contributed by atoms with van der Waals surface area (Å²) in [6.07, 6.45) is 0.841. The van der Waals surface area contributed by atoms with Gasteiger partial charge in [0.05, 0.1) is 24.2 Å². The smallest absolute Gasteiger partial charge is 0.251 e. The van der Waals surface area contributed by atoms with Gasteiger partial charge in [-0.15, -0.1) is 0 Å². The zero-order valence-corrected chi connectivity index (χ0v) is 18.0. The molecule has 1 N–H and O–H groups in total. The van der Waals surface area contributed by atoms with Crippen LogP contribution >= 0.6 is 0 Å². The molecule has 1 heterocycles. The Balaban J connectivity index is 1.45. The number of hydrogen-bond acceptors (Lipinski definition) is 3. The van der Waals surface area contributed by atoms with Gasteiger partial charge in [-0.25, -0.2) is 4.98 Å². The molecule has 4 rings (SSSR count). The van der Waals surface area contributed by atoms with Crippen molar-refractivity contribution < 1.29 is 9.53 Å². The van der Waals surface area contributed by atoms with E-state index in [0.29, 0.717) is 18.7 Å². The van der Waals surface area contributed by atoms with E-state index in [-0.39, 0.29) is 5.91 Å². The van der Waals surface area contributed by atoms with Crippen molar-refractivity contribution in [1.29, 1.82) is 0 Å². The Morgan fingerprint density at radius 2 is 1.77 bits per heavy atom. The Kier molecular flexibility index (Phi) is 6.32. The minimum atomic E-state index is -0.0801. The van der Waals surface area contributed by atoms with E-state index in [2.05, 4.69) is 16.0 Å². The van der Waals surface area contributed by atoms with Crippen LogP contribution in [0.3, 0.4) is 0 Å². The third-order valence-electron chi connectivity index (χ3n) is 5.31. The number of para-hydroxylation sites is 3. The topological polar surface area (TPSA) is 56.2 Å². The number of carbonyl (C=O) groups excluding carboxylic acids is 1. The molecule has 0 spiro atoms. The first-order chi connectivity index (χ1) is 15.1. The second-order valence-electron chi connectivity index (χ2n) is 7.68. The Hall–Kier alpha value is -3.60. The summed E-state index contributed by atoms with van der Waals surface area (Å²) in [6.45, 7) is 5.75. The lowest BCUT2D eigenvalue weighted by atomic mass is 10.1. The highest BCUT2D eigenvalue weighted by Crippen LogP contribution is 2.18. The van der Waals surface area contributed by atoms with E-state index in [1.165, 1.54) is 0 Å². The van der Waals surface area contributed by atoms with Crippen LogP contribution in [-0.4, -0.2) is 22.1 Å². The number of amides is 1. The van der Waals surface area contributed by atoms with Gasteiger partial charge in [0, 0.05) is 12.1 Å². The molecule has 0 aliphatic rings. The van der Waals surface area contributed by atoms with Crippen molar-refractivity contribution >= 4 is 16.9 Å². The molecule has 5 nitrogen and oxygen atoms in total. The van der Waals surface area contributed by atoms with Crippen molar-refractivity contribution in [3.63, 3.8) is 0 Å². The van der Waals surface area contributed by atoms with Gasteiger partial charge in [-0.05, 0) is 56.2 Å². The molecule has 0 saturated carbocycles. The van der Waals surface area contributed by atoms with Crippen LogP contribution in [0.1, 0.15) is 33.7 Å². The van der Waals surface area contributed by atoms with Crippen molar-refractivity contribution in [2.24, 2.45) is 0 Å². The molecule has 1 amide bonds. The van der Waals surface area contributed by atoms with Crippen LogP contribution in [0.5, 0.6) is 5.75 Å². The average molecular weight is 414 g/mol. The summed E-state index contributed by atoms with van der Waals surface area (Å²) >= 11 is 0. The third-order valence-corrected chi connectivity index (χ3v) is 5.31. The molecule has 0 saturated heterocycles. The zero-order chi connectivity index (χ0) is 21.6. The molecular weight excluding hydrogens is 386 g/mol. The summed E-state index contributed by atoms with van der Waals surface area (Å²) in [7, 11) is 0. The van der Waals surface area contributed by atoms with E-state index < -0.39 is 0 Å². The first kappa shape index (κ1) is 20.7. The number of carbonyl (C=O) groups is 1. The summed E-state index contributed by atoms with van der Waals surface area (Å²) in [4.78, 5) is 17.5. The fourth-order valence-corrected chi connectivity index (χ4v) is 3.76. The van der Waals surface area contributed by atoms with Gasteiger partial charge in [-0.1, -0.05) is 48.0 Å². The normalized spacial score (nSPS) is 10.9. The van der Waals surface area contributed by atoms with E-state index in [9.17, 15) is 4.79 Å². The SMILES string of the molecule is Cc1ccc(C(=O)NCc2nc3ccccc3n2CCCOc2ccccc2)c(C)c1. The molecule has 1 aromatic heterocycles. The van der Waals surface area contributed by atoms with Crippen LogP contribution in [0, 0.1) is 13.8 Å². The maximum atomic E-state index is 12.7. The van der Waals surface area contributed by atoms with Gasteiger partial charge in [0.15, 0.2) is 0 Å². The summed E-state index contributed by atoms with van der Waals surface area (Å²) in [5.41, 5.74) is 4.82. The number of imidazole rings is 1. The molecule has 3 aromatic carbocycles. The number of rotatable bonds is 8. The lowest BCUT2D eigenvalue weighted by Gasteiger charge is -2.12. The second-order valence-corrected chi connectivity index (χ2v) is 7.68. The second kappa shape index (κ2) is 9.47. The number of nitrogens with one attached hydrogen (secondary N) is 1. The van der Waals surface area contributed by atoms with Gasteiger partial charge in [-0.3, -0.25) is 4.79 Å². The van der Waals surface area contributed by atoms with Crippen LogP contribution in [0.2, 0.25) is 0 Å². The standard InChI is InChI=1S/C26H27N3O2/c1-19-13-14-22(20(2)17-19)26(30)27-18-25-28-23-11-6-7-12-24(23)29(25)15-8-16-31-21-9-4-3-5-10-21/h3-7,9-14,17H,8,15-16,18H2,1-2H3,(H,27,30). The predicted octanol–water partition coefficient (Wildman–Crippen LogP) is 5.05. The number of fused-ring (bicyclic) bond motifs is 1. The third kappa shape index (κ3) is 4.94. The highest BCUT2D eigenvalue weighted by Gasteiger charge is 2.13. The van der Waals surface area contributed by atoms with Crippen LogP contribution in [0.25, 0.3) is 11.0 Å². The number of aryl methyl sites for hydroxylation is 3. The van der Waals surface area contributed by atoms with Crippen molar-refractivity contribution in [2.75, 3.05) is 6.61 Å². The minimum Gasteiger partial charge on any atom is -0.494 e. The Morgan fingerprint density at radius 3 is 2.58 bits per heavy atom. The number of aromatic nitrogens is 2. The monoisotopic (exact) mass is 413 g/mol. The van der Waals surface area contributed by atoms with Crippen molar-refractivity contribution in [3.8, 4) is 5.75 Å². The molecule has 0 unspecified atom stereocenters. The number of ether oxygens (including phenoxy) is 1. The maximum absolute atomic E-state index is 12.7. The van der Waals surface area contributed by atoms with Crippen LogP contribution < -0.4 is 10.1 Å². The molecule has 0 bridgehead atoms. The van der Waals surface area contributed by atoms with Gasteiger partial charge < -0.3 is 14.6 Å². The molecule has 0 aliphatic heterocycles. The maximum Gasteiger partial charge on any atom is 0.251 e. The number of hydrogen-bond donors (Lipinski definition) is 1. The highest BCUT2D eigenvalue weighted by molar-refractivity contribution is 5.95. The van der Waals surface area contributed by atoms with E-state index in [1.54, 1.807) is 0 Å². The highest BCUT2D eigenvalue weighted by atomic mass is 16.5. The average Bonchev–Trinajstić information content (AvgIpc) is 3.13. The fourth-order valence-electron chi connectivity index (χ4n) is 3.76. The van der Waals surface area contributed by atoms with E-state index >= 15 is 0 Å². The van der Waals surface area contributed by atoms with Gasteiger partial charge in [0.1, 0.15) is 11.6 Å². The Bertz CT molecular complexity index is 1180. The first-order valence-corrected chi connectivity index (χ1v) is 10.6. The van der Waals surface area contributed by atoms with Gasteiger partial charge >= 0.3 is 0 Å². The van der Waals surface area contributed by atoms with Gasteiger partial charge in [-0.2, -0.15) is 0 Å². The van der Waals surface area contributed by atoms with Crippen LogP contribution in [0.15, 0.2) is 72.8 Å². The van der Waals surface area contributed by atoms with Crippen molar-refractivity contribution in [2.45, 2.75) is 33.4 Å². The molecule has 5 heteroatoms. The Labute approximate surface area is 182 Å². The molecule has 0 atom stereocenters. The molecule has 0 radical (unpaired) electrons. The summed E-state index contributed by atoms with van der Waals surface area (Å²) < 4.78 is 8.00. The summed E-state index contributed by atoms with van der Waals surface area (Å²) in [5.74, 6) is 1.64. The fraction of sp³-hybridized carbons (Fsp3) is 0.231. The van der Waals surface area contributed by atoms with Crippen LogP contribution in [0.4, 0.5) is 0 Å². The largest absolute Gasteiger partial charge is 0.494 e. The van der Waals surface area contributed by atoms with Gasteiger partial charge in [0.25, 0.3) is 5.91 Å². The lowest BCUT2D eigenvalue weighted by molar-refractivity contribution is 0.0949. The van der Waals surface area contributed by atoms with Crippen molar-refractivity contribution in [3.05, 3.63) is 95.3 Å². The molecular formula is C26H27N3O2. The lowest BCUT2D eigenvalue weighted by Crippen LogP contribution is -2.25. The van der Waals surface area contributed by atoms with E-state index in [4.69, 9.17) is 9.72 Å². The minimum absolute atomic E-state index is 0.0801. The number of benzene rings is 3. The summed E-state index contributed by atoms with van der Waals surface area (Å²) in [6, 6.07) is 23.8. The molecule has 0 fully saturated rings. The van der Waals surface area contributed by atoms with Gasteiger partial charge in [0.2, 0.25) is 0 Å². The van der Waals surface area contributed by atoms with E-state index in [0.717, 1.165) is 46.7 Å². The number of nitrogens with zero attached hydrogens (tertiary/aromatic N) is 2. The zero-order valence-electron chi connectivity index (χ0n) is 18.0. The Morgan fingerprint density at radius 1 is 1.00 bits per heavy atom. The van der Waals surface area contributed by atoms with E-state index in [1.807, 2.05) is 80.6 Å².